The van der Waals surface area contributed by atoms with Gasteiger partial charge in [0.15, 0.2) is 17.5 Å². The molecule has 0 fully saturated rings. The van der Waals surface area contributed by atoms with Crippen molar-refractivity contribution < 1.29 is 43.0 Å². The zero-order valence-electron chi connectivity index (χ0n) is 26.5. The molecule has 0 aliphatic carbocycles. The van der Waals surface area contributed by atoms with Crippen LogP contribution in [-0.4, -0.2) is 66.6 Å². The van der Waals surface area contributed by atoms with E-state index in [0.29, 0.717) is 21.3 Å². The van der Waals surface area contributed by atoms with Gasteiger partial charge in [-0.25, -0.2) is 4.79 Å². The second-order valence-electron chi connectivity index (χ2n) is 9.58. The summed E-state index contributed by atoms with van der Waals surface area (Å²) in [6.45, 7) is 9.90. The first kappa shape index (κ1) is 42.1. The maximum atomic E-state index is 12.4. The van der Waals surface area contributed by atoms with Crippen LogP contribution in [0.3, 0.4) is 0 Å². The van der Waals surface area contributed by atoms with Crippen molar-refractivity contribution in [3.05, 3.63) is 57.6 Å². The van der Waals surface area contributed by atoms with Gasteiger partial charge in [-0.05, 0) is 71.0 Å². The van der Waals surface area contributed by atoms with Crippen molar-refractivity contribution >= 4 is 81.6 Å². The SMILES string of the molecule is CCOC(=O)C(C)(CC(=O)c1ccc(Cl)cc1N)NC(C)=O.CCOC(=O)C(C)C(=O)OCC.Nc1cc(Cl)ccc1C(=O)CCl. The molecule has 5 N–H and O–H groups in total. The van der Waals surface area contributed by atoms with Gasteiger partial charge in [0, 0.05) is 45.9 Å². The van der Waals surface area contributed by atoms with Crippen LogP contribution in [0, 0.1) is 5.92 Å². The Kier molecular flexibility index (Phi) is 19.3. The molecule has 0 aliphatic heterocycles. The Morgan fingerprint density at radius 3 is 1.54 bits per heavy atom. The van der Waals surface area contributed by atoms with Crippen molar-refractivity contribution in [2.24, 2.45) is 5.92 Å². The zero-order valence-corrected chi connectivity index (χ0v) is 28.8. The van der Waals surface area contributed by atoms with Gasteiger partial charge in [0.25, 0.3) is 0 Å². The number of ketones is 2. The molecule has 2 aromatic carbocycles. The summed E-state index contributed by atoms with van der Waals surface area (Å²) >= 11 is 16.8. The predicted molar refractivity (Wildman–Crippen MR) is 177 cm³/mol. The van der Waals surface area contributed by atoms with E-state index in [-0.39, 0.29) is 49.2 Å². The number of halogens is 3. The molecule has 46 heavy (non-hydrogen) atoms. The molecule has 2 rings (SSSR count). The fourth-order valence-corrected chi connectivity index (χ4v) is 4.05. The Balaban J connectivity index is 0.000000717. The smallest absolute Gasteiger partial charge is 0.332 e. The lowest BCUT2D eigenvalue weighted by molar-refractivity contribution is -0.160. The van der Waals surface area contributed by atoms with Crippen LogP contribution in [-0.2, 0) is 33.4 Å². The third-order valence-corrected chi connectivity index (χ3v) is 6.43. The van der Waals surface area contributed by atoms with E-state index < -0.39 is 41.1 Å². The van der Waals surface area contributed by atoms with E-state index in [2.05, 4.69) is 14.8 Å². The highest BCUT2D eigenvalue weighted by atomic mass is 35.5. The van der Waals surface area contributed by atoms with Gasteiger partial charge >= 0.3 is 17.9 Å². The van der Waals surface area contributed by atoms with E-state index >= 15 is 0 Å². The first-order valence-corrected chi connectivity index (χ1v) is 15.3. The van der Waals surface area contributed by atoms with Gasteiger partial charge in [-0.3, -0.25) is 24.0 Å². The second kappa shape index (κ2) is 21.0. The summed E-state index contributed by atoms with van der Waals surface area (Å²) in [5, 5.41) is 3.39. The molecule has 12 nitrogen and oxygen atoms in total. The zero-order chi connectivity index (χ0) is 35.6. The van der Waals surface area contributed by atoms with Crippen molar-refractivity contribution in [2.45, 2.75) is 53.5 Å². The number of hydrogen-bond acceptors (Lipinski definition) is 11. The average Bonchev–Trinajstić information content (AvgIpc) is 2.97. The number of carbonyl (C=O) groups excluding carboxylic acids is 6. The Morgan fingerprint density at radius 2 is 1.20 bits per heavy atom. The van der Waals surface area contributed by atoms with Crippen LogP contribution in [0.25, 0.3) is 0 Å². The minimum atomic E-state index is -1.45. The standard InChI is InChI=1S/C15H19ClN2O4.C8H7Cl2NO.C8H14O4/c1-4-22-14(21)15(3,18-9(2)19)8-13(20)11-6-5-10(16)7-12(11)17;9-4-8(12)6-2-1-5(10)3-7(6)11;1-4-11-7(9)6(3)8(10)12-5-2/h5-7H,4,8,17H2,1-3H3,(H,18,19);1-3H,4,11H2;6H,4-5H2,1-3H3. The maximum absolute atomic E-state index is 12.4. The molecule has 0 bridgehead atoms. The van der Waals surface area contributed by atoms with E-state index in [0.717, 1.165) is 0 Å². The van der Waals surface area contributed by atoms with Crippen LogP contribution in [0.5, 0.6) is 0 Å². The number of benzene rings is 2. The van der Waals surface area contributed by atoms with Gasteiger partial charge in [-0.15, -0.1) is 11.6 Å². The molecule has 0 saturated carbocycles. The summed E-state index contributed by atoms with van der Waals surface area (Å²) in [6, 6.07) is 9.18. The van der Waals surface area contributed by atoms with Crippen molar-refractivity contribution in [3.8, 4) is 0 Å². The number of Topliss-reactive ketones (excluding diaryl/α,β-unsaturated/α-hetero) is 2. The highest BCUT2D eigenvalue weighted by Crippen LogP contribution is 2.23. The summed E-state index contributed by atoms with van der Waals surface area (Å²) in [6.07, 6.45) is -0.267. The van der Waals surface area contributed by atoms with E-state index in [1.165, 1.54) is 45.0 Å². The molecule has 1 unspecified atom stereocenters. The van der Waals surface area contributed by atoms with Gasteiger partial charge in [-0.2, -0.15) is 0 Å². The van der Waals surface area contributed by atoms with E-state index in [9.17, 15) is 28.8 Å². The summed E-state index contributed by atoms with van der Waals surface area (Å²) < 4.78 is 14.2. The molecule has 0 aromatic heterocycles. The molecule has 0 aliphatic rings. The molecule has 0 spiro atoms. The van der Waals surface area contributed by atoms with Gasteiger partial charge in [0.05, 0.1) is 25.7 Å². The number of amides is 1. The summed E-state index contributed by atoms with van der Waals surface area (Å²) in [5.74, 6) is -3.63. The third kappa shape index (κ3) is 14.5. The Bertz CT molecular complexity index is 1370. The first-order chi connectivity index (χ1) is 21.5. The van der Waals surface area contributed by atoms with E-state index in [1.807, 2.05) is 0 Å². The largest absolute Gasteiger partial charge is 0.465 e. The number of nitrogens with one attached hydrogen (secondary N) is 1. The molecule has 254 valence electrons. The Morgan fingerprint density at radius 1 is 0.783 bits per heavy atom. The fourth-order valence-electron chi connectivity index (χ4n) is 3.54. The monoisotopic (exact) mass is 703 g/mol. The van der Waals surface area contributed by atoms with E-state index in [1.54, 1.807) is 32.9 Å². The van der Waals surface area contributed by atoms with Crippen LogP contribution in [0.2, 0.25) is 10.0 Å². The van der Waals surface area contributed by atoms with Crippen LogP contribution in [0.15, 0.2) is 36.4 Å². The number of hydrogen-bond donors (Lipinski definition) is 3. The fraction of sp³-hybridized carbons (Fsp3) is 0.419. The molecule has 2 aromatic rings. The van der Waals surface area contributed by atoms with Crippen LogP contribution in [0.1, 0.15) is 68.7 Å². The highest BCUT2D eigenvalue weighted by Gasteiger charge is 2.38. The van der Waals surface area contributed by atoms with Crippen LogP contribution < -0.4 is 16.8 Å². The van der Waals surface area contributed by atoms with Crippen molar-refractivity contribution in [1.29, 1.82) is 0 Å². The summed E-state index contributed by atoms with van der Waals surface area (Å²) in [5.41, 5.74) is 11.1. The highest BCUT2D eigenvalue weighted by molar-refractivity contribution is 6.33. The van der Waals surface area contributed by atoms with Crippen molar-refractivity contribution in [3.63, 3.8) is 0 Å². The normalized spacial score (nSPS) is 11.3. The quantitative estimate of drug-likeness (QED) is 0.0669. The van der Waals surface area contributed by atoms with Crippen molar-refractivity contribution in [2.75, 3.05) is 37.2 Å². The lowest BCUT2D eigenvalue weighted by Crippen LogP contribution is -2.53. The molecule has 0 heterocycles. The van der Waals surface area contributed by atoms with Gasteiger partial charge in [0.2, 0.25) is 5.91 Å². The number of carbonyl (C=O) groups is 6. The number of nitrogens with two attached hydrogens (primary N) is 2. The molecule has 1 atom stereocenters. The van der Waals surface area contributed by atoms with Gasteiger partial charge < -0.3 is 31.0 Å². The Hall–Kier alpha value is -3.87. The maximum Gasteiger partial charge on any atom is 0.332 e. The number of esters is 3. The molecule has 1 amide bonds. The minimum Gasteiger partial charge on any atom is -0.465 e. The minimum absolute atomic E-state index is 0.0637. The molecular formula is C31H40Cl3N3O9. The summed E-state index contributed by atoms with van der Waals surface area (Å²) in [7, 11) is 0. The number of alkyl halides is 1. The van der Waals surface area contributed by atoms with Crippen molar-refractivity contribution in [1.82, 2.24) is 5.32 Å². The third-order valence-electron chi connectivity index (χ3n) is 5.72. The van der Waals surface area contributed by atoms with Gasteiger partial charge in [-0.1, -0.05) is 23.2 Å². The van der Waals surface area contributed by atoms with Crippen LogP contribution in [0.4, 0.5) is 11.4 Å². The lowest BCUT2D eigenvalue weighted by atomic mass is 9.91. The number of nitrogen functional groups attached to an aromatic ring is 2. The van der Waals surface area contributed by atoms with E-state index in [4.69, 9.17) is 51.0 Å². The predicted octanol–water partition coefficient (Wildman–Crippen LogP) is 5.05. The topological polar surface area (TPSA) is 194 Å². The lowest BCUT2D eigenvalue weighted by Gasteiger charge is -2.27. The number of rotatable bonds is 12. The number of ether oxygens (including phenoxy) is 3. The average molecular weight is 705 g/mol. The molecule has 15 heteroatoms. The molecule has 0 saturated heterocycles. The summed E-state index contributed by atoms with van der Waals surface area (Å²) in [4.78, 5) is 68.8. The first-order valence-electron chi connectivity index (χ1n) is 14.0. The Labute approximate surface area is 283 Å². The molecule has 0 radical (unpaired) electrons. The van der Waals surface area contributed by atoms with Gasteiger partial charge in [0.1, 0.15) is 5.54 Å². The number of anilines is 2. The van der Waals surface area contributed by atoms with Crippen LogP contribution >= 0.6 is 34.8 Å². The molecular weight excluding hydrogens is 665 g/mol. The second-order valence-corrected chi connectivity index (χ2v) is 10.7.